The van der Waals surface area contributed by atoms with Crippen LogP contribution in [0.2, 0.25) is 0 Å². The maximum absolute atomic E-state index is 12.1. The molecule has 1 aromatic heterocycles. The van der Waals surface area contributed by atoms with Gasteiger partial charge in [-0.1, -0.05) is 23.3 Å². The third kappa shape index (κ3) is 3.55. The van der Waals surface area contributed by atoms with Crippen molar-refractivity contribution in [1.82, 2.24) is 14.4 Å². The Morgan fingerprint density at radius 3 is 2.95 bits per heavy atom. The molecule has 0 bridgehead atoms. The minimum atomic E-state index is -3.40. The SMILES string of the molecule is C=C(Cl)CS(=O)(=O)N1CCC[C@@H](c2nc(C)no2)C1. The van der Waals surface area contributed by atoms with Crippen LogP contribution in [-0.2, 0) is 10.0 Å². The highest BCUT2D eigenvalue weighted by Gasteiger charge is 2.32. The van der Waals surface area contributed by atoms with Crippen LogP contribution < -0.4 is 0 Å². The van der Waals surface area contributed by atoms with Gasteiger partial charge in [0.15, 0.2) is 5.82 Å². The molecule has 0 saturated carbocycles. The lowest BCUT2D eigenvalue weighted by Gasteiger charge is -2.30. The summed E-state index contributed by atoms with van der Waals surface area (Å²) in [5, 5.41) is 3.86. The second kappa shape index (κ2) is 5.60. The van der Waals surface area contributed by atoms with Gasteiger partial charge in [-0.2, -0.15) is 4.98 Å². The van der Waals surface area contributed by atoms with Gasteiger partial charge in [0.1, 0.15) is 0 Å². The second-order valence-corrected chi connectivity index (χ2v) is 7.15. The van der Waals surface area contributed by atoms with Gasteiger partial charge >= 0.3 is 0 Å². The summed E-state index contributed by atoms with van der Waals surface area (Å²) in [7, 11) is -3.40. The molecule has 0 aromatic carbocycles. The average Bonchev–Trinajstić information content (AvgIpc) is 2.74. The quantitative estimate of drug-likeness (QED) is 0.845. The van der Waals surface area contributed by atoms with Crippen molar-refractivity contribution in [3.8, 4) is 0 Å². The number of hydrogen-bond donors (Lipinski definition) is 0. The van der Waals surface area contributed by atoms with E-state index in [0.29, 0.717) is 24.8 Å². The average molecular weight is 306 g/mol. The first-order valence-electron chi connectivity index (χ1n) is 6.00. The van der Waals surface area contributed by atoms with Gasteiger partial charge in [-0.05, 0) is 19.8 Å². The Balaban J connectivity index is 2.11. The second-order valence-electron chi connectivity index (χ2n) is 4.65. The zero-order valence-electron chi connectivity index (χ0n) is 10.7. The van der Waals surface area contributed by atoms with Gasteiger partial charge < -0.3 is 4.52 Å². The minimum Gasteiger partial charge on any atom is -0.339 e. The molecule has 0 amide bonds. The van der Waals surface area contributed by atoms with Crippen LogP contribution in [0.25, 0.3) is 0 Å². The first kappa shape index (κ1) is 14.5. The number of halogens is 1. The number of nitrogens with zero attached hydrogens (tertiary/aromatic N) is 3. The smallest absolute Gasteiger partial charge is 0.231 e. The topological polar surface area (TPSA) is 76.3 Å². The lowest BCUT2D eigenvalue weighted by atomic mass is 10.00. The van der Waals surface area contributed by atoms with E-state index in [0.717, 1.165) is 12.8 Å². The number of aromatic nitrogens is 2. The van der Waals surface area contributed by atoms with E-state index in [2.05, 4.69) is 16.7 Å². The van der Waals surface area contributed by atoms with Crippen LogP contribution in [0.5, 0.6) is 0 Å². The monoisotopic (exact) mass is 305 g/mol. The maximum atomic E-state index is 12.1. The molecule has 2 heterocycles. The standard InChI is InChI=1S/C11H16ClN3O3S/c1-8(12)7-19(16,17)15-5-3-4-10(6-15)11-13-9(2)14-18-11/h10H,1,3-7H2,2H3/t10-/m1/s1. The molecule has 2 rings (SSSR count). The van der Waals surface area contributed by atoms with Crippen molar-refractivity contribution < 1.29 is 12.9 Å². The molecule has 8 heteroatoms. The van der Waals surface area contributed by atoms with Crippen LogP contribution in [0.15, 0.2) is 16.1 Å². The summed E-state index contributed by atoms with van der Waals surface area (Å²) in [6.07, 6.45) is 1.61. The van der Waals surface area contributed by atoms with Crippen LogP contribution in [0.3, 0.4) is 0 Å². The van der Waals surface area contributed by atoms with Crippen LogP contribution >= 0.6 is 11.6 Å². The normalized spacial score (nSPS) is 21.5. The van der Waals surface area contributed by atoms with E-state index in [1.54, 1.807) is 6.92 Å². The van der Waals surface area contributed by atoms with Crippen molar-refractivity contribution in [3.05, 3.63) is 23.3 Å². The van der Waals surface area contributed by atoms with Crippen LogP contribution in [0, 0.1) is 6.92 Å². The largest absolute Gasteiger partial charge is 0.339 e. The first-order chi connectivity index (χ1) is 8.88. The maximum Gasteiger partial charge on any atom is 0.231 e. The number of rotatable bonds is 4. The van der Waals surface area contributed by atoms with Crippen molar-refractivity contribution in [2.75, 3.05) is 18.8 Å². The Bertz CT molecular complexity index is 569. The zero-order chi connectivity index (χ0) is 14.0. The van der Waals surface area contributed by atoms with Gasteiger partial charge in [-0.25, -0.2) is 12.7 Å². The van der Waals surface area contributed by atoms with Crippen molar-refractivity contribution in [2.24, 2.45) is 0 Å². The van der Waals surface area contributed by atoms with Gasteiger partial charge in [0, 0.05) is 18.1 Å². The Labute approximate surface area is 117 Å². The Morgan fingerprint density at radius 1 is 1.63 bits per heavy atom. The predicted octanol–water partition coefficient (Wildman–Crippen LogP) is 1.64. The summed E-state index contributed by atoms with van der Waals surface area (Å²) in [5.41, 5.74) is 0. The highest BCUT2D eigenvalue weighted by atomic mass is 35.5. The summed E-state index contributed by atoms with van der Waals surface area (Å²) in [6, 6.07) is 0. The fourth-order valence-corrected chi connectivity index (χ4v) is 3.97. The van der Waals surface area contributed by atoms with Crippen molar-refractivity contribution in [3.63, 3.8) is 0 Å². The molecular weight excluding hydrogens is 290 g/mol. The molecule has 1 aromatic rings. The number of piperidine rings is 1. The highest BCUT2D eigenvalue weighted by molar-refractivity contribution is 7.89. The molecule has 0 spiro atoms. The molecule has 1 atom stereocenters. The molecule has 1 fully saturated rings. The third-order valence-electron chi connectivity index (χ3n) is 3.01. The van der Waals surface area contributed by atoms with Crippen LogP contribution in [-0.4, -0.2) is 41.7 Å². The van der Waals surface area contributed by atoms with E-state index < -0.39 is 10.0 Å². The molecule has 0 N–H and O–H groups in total. The molecule has 0 unspecified atom stereocenters. The fourth-order valence-electron chi connectivity index (χ4n) is 2.16. The fraction of sp³-hybridized carbons (Fsp3) is 0.636. The van der Waals surface area contributed by atoms with Gasteiger partial charge in [-0.3, -0.25) is 0 Å². The van der Waals surface area contributed by atoms with Gasteiger partial charge in [0.05, 0.1) is 11.7 Å². The summed E-state index contributed by atoms with van der Waals surface area (Å²) in [4.78, 5) is 4.17. The lowest BCUT2D eigenvalue weighted by Crippen LogP contribution is -2.40. The molecule has 0 aliphatic carbocycles. The molecule has 1 aliphatic rings. The van der Waals surface area contributed by atoms with Gasteiger partial charge in [-0.15, -0.1) is 0 Å². The molecule has 1 saturated heterocycles. The van der Waals surface area contributed by atoms with E-state index in [9.17, 15) is 8.42 Å². The first-order valence-corrected chi connectivity index (χ1v) is 7.98. The Morgan fingerprint density at radius 2 is 2.37 bits per heavy atom. The van der Waals surface area contributed by atoms with Crippen molar-refractivity contribution >= 4 is 21.6 Å². The highest BCUT2D eigenvalue weighted by Crippen LogP contribution is 2.27. The Hall–Kier alpha value is -0.920. The molecule has 1 aliphatic heterocycles. The molecule has 0 radical (unpaired) electrons. The van der Waals surface area contributed by atoms with Crippen molar-refractivity contribution in [2.45, 2.75) is 25.7 Å². The predicted molar refractivity (Wildman–Crippen MR) is 71.4 cm³/mol. The molecular formula is C11H16ClN3O3S. The van der Waals surface area contributed by atoms with E-state index in [1.807, 2.05) is 0 Å². The van der Waals surface area contributed by atoms with Crippen LogP contribution in [0.1, 0.15) is 30.5 Å². The number of aryl methyl sites for hydroxylation is 1. The number of sulfonamides is 1. The summed E-state index contributed by atoms with van der Waals surface area (Å²) in [6.45, 7) is 6.02. The summed E-state index contributed by atoms with van der Waals surface area (Å²) >= 11 is 5.60. The third-order valence-corrected chi connectivity index (χ3v) is 5.13. The molecule has 106 valence electrons. The zero-order valence-corrected chi connectivity index (χ0v) is 12.2. The van der Waals surface area contributed by atoms with Crippen molar-refractivity contribution in [1.29, 1.82) is 0 Å². The summed E-state index contributed by atoms with van der Waals surface area (Å²) < 4.78 is 30.7. The Kier molecular flexibility index (Phi) is 4.27. The molecule has 19 heavy (non-hydrogen) atoms. The van der Waals surface area contributed by atoms with Gasteiger partial charge in [0.25, 0.3) is 0 Å². The lowest BCUT2D eigenvalue weighted by molar-refractivity contribution is 0.265. The van der Waals surface area contributed by atoms with E-state index in [1.165, 1.54) is 4.31 Å². The summed E-state index contributed by atoms with van der Waals surface area (Å²) in [5.74, 6) is 0.781. The van der Waals surface area contributed by atoms with Crippen LogP contribution in [0.4, 0.5) is 0 Å². The molecule has 6 nitrogen and oxygen atoms in total. The van der Waals surface area contributed by atoms with E-state index >= 15 is 0 Å². The van der Waals surface area contributed by atoms with E-state index in [-0.39, 0.29) is 16.7 Å². The minimum absolute atomic E-state index is 0.0479. The number of hydrogen-bond acceptors (Lipinski definition) is 5. The van der Waals surface area contributed by atoms with Gasteiger partial charge in [0.2, 0.25) is 15.9 Å². The van der Waals surface area contributed by atoms with E-state index in [4.69, 9.17) is 16.1 Å².